The molecule has 0 aliphatic rings. The Balaban J connectivity index is 3.03. The van der Waals surface area contributed by atoms with E-state index in [-0.39, 0.29) is 29.2 Å². The van der Waals surface area contributed by atoms with E-state index in [9.17, 15) is 4.79 Å². The largest absolute Gasteiger partial charge is 0.481 e. The van der Waals surface area contributed by atoms with Crippen molar-refractivity contribution in [2.45, 2.75) is 19.9 Å². The van der Waals surface area contributed by atoms with Gasteiger partial charge in [0.1, 0.15) is 17.1 Å². The summed E-state index contributed by atoms with van der Waals surface area (Å²) < 4.78 is 4.84. The van der Waals surface area contributed by atoms with Crippen molar-refractivity contribution in [3.8, 4) is 0 Å². The van der Waals surface area contributed by atoms with Crippen LogP contribution in [-0.2, 0) is 9.53 Å². The molecule has 0 spiro atoms. The summed E-state index contributed by atoms with van der Waals surface area (Å²) in [5.41, 5.74) is 0.298. The van der Waals surface area contributed by atoms with E-state index in [4.69, 9.17) is 21.0 Å². The summed E-state index contributed by atoms with van der Waals surface area (Å²) in [5.74, 6) is -0.622. The number of nitrogens with zero attached hydrogens (tertiary/aromatic N) is 2. The van der Waals surface area contributed by atoms with Crippen LogP contribution >= 0.6 is 0 Å². The Labute approximate surface area is 158 Å². The van der Waals surface area contributed by atoms with Gasteiger partial charge in [-0.25, -0.2) is 4.98 Å². The lowest BCUT2D eigenvalue weighted by molar-refractivity contribution is -0.112. The van der Waals surface area contributed by atoms with Crippen molar-refractivity contribution in [3.63, 3.8) is 0 Å². The van der Waals surface area contributed by atoms with Gasteiger partial charge in [0, 0.05) is 18.8 Å². The topological polar surface area (TPSA) is 138 Å². The van der Waals surface area contributed by atoms with Crippen LogP contribution < -0.4 is 10.6 Å². The minimum absolute atomic E-state index is 0.00933. The van der Waals surface area contributed by atoms with E-state index in [1.165, 1.54) is 18.2 Å². The Kier molecular flexibility index (Phi) is 8.37. The molecule has 0 radical (unpaired) electrons. The third-order valence-corrected chi connectivity index (χ3v) is 3.39. The molecule has 9 nitrogen and oxygen atoms in total. The molecule has 5 N–H and O–H groups in total. The van der Waals surface area contributed by atoms with Gasteiger partial charge < -0.3 is 20.3 Å². The van der Waals surface area contributed by atoms with Crippen molar-refractivity contribution in [3.05, 3.63) is 48.3 Å². The molecule has 0 fully saturated rings. The first kappa shape index (κ1) is 21.6. The molecule has 0 saturated carbocycles. The predicted molar refractivity (Wildman–Crippen MR) is 106 cm³/mol. The van der Waals surface area contributed by atoms with Crippen molar-refractivity contribution >= 4 is 29.8 Å². The molecule has 0 aromatic carbocycles. The monoisotopic (exact) mass is 371 g/mol. The van der Waals surface area contributed by atoms with E-state index < -0.39 is 5.91 Å². The van der Waals surface area contributed by atoms with Crippen molar-refractivity contribution in [2.24, 2.45) is 0 Å². The number of nitrogens with one attached hydrogen (secondary N) is 5. The highest BCUT2D eigenvalue weighted by atomic mass is 16.5. The zero-order valence-electron chi connectivity index (χ0n) is 15.7. The fourth-order valence-corrected chi connectivity index (χ4v) is 2.01. The zero-order valence-corrected chi connectivity index (χ0v) is 15.7. The number of anilines is 1. The van der Waals surface area contributed by atoms with E-state index in [1.807, 2.05) is 13.8 Å². The molecule has 1 heterocycles. The van der Waals surface area contributed by atoms with E-state index in [0.717, 1.165) is 6.34 Å². The normalized spacial score (nSPS) is 10.7. The number of amides is 1. The van der Waals surface area contributed by atoms with Crippen LogP contribution in [0.4, 0.5) is 5.82 Å². The highest BCUT2D eigenvalue weighted by Gasteiger charge is 2.18. The van der Waals surface area contributed by atoms with Gasteiger partial charge in [-0.1, -0.05) is 12.1 Å². The summed E-state index contributed by atoms with van der Waals surface area (Å²) in [6.07, 6.45) is 4.04. The third kappa shape index (κ3) is 6.07. The molecule has 9 heteroatoms. The summed E-state index contributed by atoms with van der Waals surface area (Å²) in [6.45, 7) is 7.70. The molecule has 144 valence electrons. The molecule has 27 heavy (non-hydrogen) atoms. The first-order valence-corrected chi connectivity index (χ1v) is 8.19. The van der Waals surface area contributed by atoms with Crippen molar-refractivity contribution in [1.82, 2.24) is 15.2 Å². The van der Waals surface area contributed by atoms with Gasteiger partial charge in [0.25, 0.3) is 5.91 Å². The number of ether oxygens (including phenoxy) is 1. The highest BCUT2D eigenvalue weighted by molar-refractivity contribution is 6.21. The van der Waals surface area contributed by atoms with Crippen molar-refractivity contribution in [2.75, 3.05) is 19.0 Å². The first-order chi connectivity index (χ1) is 12.8. The van der Waals surface area contributed by atoms with Gasteiger partial charge in [-0.05, 0) is 26.0 Å². The molecule has 0 bridgehead atoms. The minimum Gasteiger partial charge on any atom is -0.481 e. The molecule has 0 saturated heterocycles. The average Bonchev–Trinajstić information content (AvgIpc) is 2.65. The number of methoxy groups -OCH3 is 1. The standard InChI is InChI=1S/C18H25N7O2/c1-5-9-22-10-13(17(21)27-4)18(26)24-15-8-6-7-14(23-15)16(20)25(11-19)12(2)3/h5-8,10-12,19-22H,1,9H2,2-4H3,(H,23,24,26)/b13-10+,19-11?,20-16?,21-17?. The number of aromatic nitrogens is 1. The maximum atomic E-state index is 12.5. The second-order valence-electron chi connectivity index (χ2n) is 5.63. The summed E-state index contributed by atoms with van der Waals surface area (Å²) in [7, 11) is 1.30. The summed E-state index contributed by atoms with van der Waals surface area (Å²) >= 11 is 0. The fraction of sp³-hybridized carbons (Fsp3) is 0.278. The van der Waals surface area contributed by atoms with E-state index in [2.05, 4.69) is 22.2 Å². The quantitative estimate of drug-likeness (QED) is 0.148. The van der Waals surface area contributed by atoms with Crippen LogP contribution in [0.3, 0.4) is 0 Å². The molecular weight excluding hydrogens is 346 g/mol. The Bertz CT molecular complexity index is 756. The molecule has 1 rings (SSSR count). The number of carbonyl (C=O) groups is 1. The molecule has 0 atom stereocenters. The Morgan fingerprint density at radius 2 is 2.11 bits per heavy atom. The Morgan fingerprint density at radius 3 is 2.67 bits per heavy atom. The molecule has 1 amide bonds. The number of hydrogen-bond acceptors (Lipinski definition) is 7. The van der Waals surface area contributed by atoms with Gasteiger partial charge in [0.2, 0.25) is 5.90 Å². The van der Waals surface area contributed by atoms with E-state index in [0.29, 0.717) is 12.2 Å². The van der Waals surface area contributed by atoms with Crippen LogP contribution in [0.15, 0.2) is 42.6 Å². The lowest BCUT2D eigenvalue weighted by Gasteiger charge is -2.23. The number of hydrogen-bond donors (Lipinski definition) is 5. The second-order valence-corrected chi connectivity index (χ2v) is 5.63. The number of pyridine rings is 1. The molecule has 0 unspecified atom stereocenters. The fourth-order valence-electron chi connectivity index (χ4n) is 2.01. The molecule has 0 aliphatic carbocycles. The summed E-state index contributed by atoms with van der Waals surface area (Å²) in [6, 6.07) is 4.76. The zero-order chi connectivity index (χ0) is 20.4. The van der Waals surface area contributed by atoms with Gasteiger partial charge >= 0.3 is 0 Å². The number of amidine groups is 1. The Hall–Kier alpha value is -3.49. The highest BCUT2D eigenvalue weighted by Crippen LogP contribution is 2.11. The number of carbonyl (C=O) groups excluding carboxylic acids is 1. The summed E-state index contributed by atoms with van der Waals surface area (Å²) in [4.78, 5) is 18.2. The first-order valence-electron chi connectivity index (χ1n) is 8.19. The van der Waals surface area contributed by atoms with Crippen LogP contribution in [-0.4, -0.2) is 53.6 Å². The van der Waals surface area contributed by atoms with E-state index >= 15 is 0 Å². The molecule has 0 aliphatic heterocycles. The molecule has 1 aromatic rings. The van der Waals surface area contributed by atoms with Gasteiger partial charge in [-0.3, -0.25) is 21.0 Å². The van der Waals surface area contributed by atoms with Crippen LogP contribution in [0, 0.1) is 16.2 Å². The van der Waals surface area contributed by atoms with Crippen molar-refractivity contribution in [1.29, 1.82) is 16.2 Å². The molecule has 1 aromatic heterocycles. The van der Waals surface area contributed by atoms with Gasteiger partial charge in [0.05, 0.1) is 13.4 Å². The van der Waals surface area contributed by atoms with Crippen LogP contribution in [0.1, 0.15) is 19.5 Å². The lowest BCUT2D eigenvalue weighted by atomic mass is 10.2. The van der Waals surface area contributed by atoms with Crippen LogP contribution in [0.5, 0.6) is 0 Å². The smallest absolute Gasteiger partial charge is 0.263 e. The lowest BCUT2D eigenvalue weighted by Crippen LogP contribution is -2.36. The second kappa shape index (κ2) is 10.5. The van der Waals surface area contributed by atoms with E-state index in [1.54, 1.807) is 24.3 Å². The maximum Gasteiger partial charge on any atom is 0.263 e. The minimum atomic E-state index is -0.581. The molecular formula is C18H25N7O2. The van der Waals surface area contributed by atoms with Crippen molar-refractivity contribution < 1.29 is 9.53 Å². The Morgan fingerprint density at radius 1 is 1.41 bits per heavy atom. The third-order valence-electron chi connectivity index (χ3n) is 3.39. The van der Waals surface area contributed by atoms with Crippen LogP contribution in [0.25, 0.3) is 0 Å². The number of rotatable bonds is 9. The predicted octanol–water partition coefficient (Wildman–Crippen LogP) is 1.95. The van der Waals surface area contributed by atoms with Gasteiger partial charge in [-0.15, -0.1) is 6.58 Å². The summed E-state index contributed by atoms with van der Waals surface area (Å²) in [5, 5.41) is 28.8. The van der Waals surface area contributed by atoms with Gasteiger partial charge in [-0.2, -0.15) is 0 Å². The maximum absolute atomic E-state index is 12.5. The van der Waals surface area contributed by atoms with Crippen LogP contribution in [0.2, 0.25) is 0 Å². The SMILES string of the molecule is C=CCN/C=C(\C(=N)OC)C(=O)Nc1cccc(C(=N)N(C=N)C(C)C)n1. The van der Waals surface area contributed by atoms with Gasteiger partial charge in [0.15, 0.2) is 5.84 Å². The average molecular weight is 371 g/mol.